The smallest absolute Gasteiger partial charge is 0.301 e. The maximum Gasteiger partial charge on any atom is 0.301 e. The highest BCUT2D eigenvalue weighted by atomic mass is 32.2. The predicted octanol–water partition coefficient (Wildman–Crippen LogP) is 1.43. The van der Waals surface area contributed by atoms with E-state index in [-0.39, 0.29) is 18.2 Å². The second kappa shape index (κ2) is 6.20. The molecule has 0 saturated carbocycles. The largest absolute Gasteiger partial charge is 0.330 e. The summed E-state index contributed by atoms with van der Waals surface area (Å²) in [7, 11) is -3.95. The van der Waals surface area contributed by atoms with Gasteiger partial charge in [0.2, 0.25) is 0 Å². The average Bonchev–Trinajstić information content (AvgIpc) is 2.44. The molecule has 118 valence electrons. The van der Waals surface area contributed by atoms with Crippen molar-refractivity contribution in [1.82, 2.24) is 4.31 Å². The highest BCUT2D eigenvalue weighted by molar-refractivity contribution is 7.90. The zero-order valence-electron chi connectivity index (χ0n) is 11.2. The van der Waals surface area contributed by atoms with Gasteiger partial charge in [0.1, 0.15) is 0 Å². The molecule has 1 aromatic carbocycles. The Hall–Kier alpha value is -1.32. The van der Waals surface area contributed by atoms with Gasteiger partial charge in [-0.1, -0.05) is 0 Å². The van der Waals surface area contributed by atoms with Gasteiger partial charge in [-0.05, 0) is 25.3 Å². The summed E-state index contributed by atoms with van der Waals surface area (Å²) < 4.78 is 66.6. The van der Waals surface area contributed by atoms with Crippen LogP contribution in [-0.2, 0) is 10.2 Å². The number of nitrogens with one attached hydrogen (secondary N) is 1. The quantitative estimate of drug-likeness (QED) is 0.823. The summed E-state index contributed by atoms with van der Waals surface area (Å²) in [6.07, 6.45) is 1.50. The molecule has 1 fully saturated rings. The Bertz CT molecular complexity index is 601. The molecule has 0 radical (unpaired) electrons. The molecular formula is C12H16F3N3O2S. The van der Waals surface area contributed by atoms with Gasteiger partial charge in [0, 0.05) is 25.2 Å². The molecule has 1 unspecified atom stereocenters. The first-order valence-electron chi connectivity index (χ1n) is 6.46. The lowest BCUT2D eigenvalue weighted by atomic mass is 10.0. The van der Waals surface area contributed by atoms with Gasteiger partial charge in [0.25, 0.3) is 0 Å². The molecule has 1 aliphatic heterocycles. The van der Waals surface area contributed by atoms with Gasteiger partial charge < -0.3 is 5.73 Å². The molecular weight excluding hydrogens is 307 g/mol. The molecule has 0 aromatic heterocycles. The summed E-state index contributed by atoms with van der Waals surface area (Å²) >= 11 is 0. The van der Waals surface area contributed by atoms with Crippen LogP contribution in [0.2, 0.25) is 0 Å². The van der Waals surface area contributed by atoms with Crippen molar-refractivity contribution in [3.8, 4) is 0 Å². The Kier molecular flexibility index (Phi) is 4.74. The van der Waals surface area contributed by atoms with Crippen molar-refractivity contribution in [2.24, 2.45) is 11.7 Å². The van der Waals surface area contributed by atoms with Crippen LogP contribution < -0.4 is 10.5 Å². The van der Waals surface area contributed by atoms with Crippen LogP contribution in [0.4, 0.5) is 18.9 Å². The SMILES string of the molecule is NCC1CCCN(S(=O)(=O)Nc2cc(F)c(F)c(F)c2)C1. The summed E-state index contributed by atoms with van der Waals surface area (Å²) in [5.74, 6) is -4.49. The van der Waals surface area contributed by atoms with E-state index in [9.17, 15) is 21.6 Å². The van der Waals surface area contributed by atoms with Gasteiger partial charge in [-0.25, -0.2) is 13.2 Å². The van der Waals surface area contributed by atoms with Gasteiger partial charge in [0.05, 0.1) is 5.69 Å². The molecule has 1 heterocycles. The van der Waals surface area contributed by atoms with Gasteiger partial charge in [-0.3, -0.25) is 4.72 Å². The Morgan fingerprint density at radius 2 is 1.90 bits per heavy atom. The van der Waals surface area contributed by atoms with Gasteiger partial charge in [-0.2, -0.15) is 12.7 Å². The Morgan fingerprint density at radius 1 is 1.29 bits per heavy atom. The molecule has 1 saturated heterocycles. The first-order chi connectivity index (χ1) is 9.83. The number of halogens is 3. The zero-order chi connectivity index (χ0) is 15.6. The molecule has 0 aliphatic carbocycles. The topological polar surface area (TPSA) is 75.4 Å². The van der Waals surface area contributed by atoms with Crippen LogP contribution in [0.3, 0.4) is 0 Å². The van der Waals surface area contributed by atoms with Crippen molar-refractivity contribution in [2.45, 2.75) is 12.8 Å². The molecule has 1 atom stereocenters. The number of nitrogens with two attached hydrogens (primary N) is 1. The minimum absolute atomic E-state index is 0.0528. The maximum atomic E-state index is 13.1. The van der Waals surface area contributed by atoms with Gasteiger partial charge in [-0.15, -0.1) is 0 Å². The number of rotatable bonds is 4. The molecule has 9 heteroatoms. The Balaban J connectivity index is 2.17. The summed E-state index contributed by atoms with van der Waals surface area (Å²) in [5.41, 5.74) is 5.18. The lowest BCUT2D eigenvalue weighted by Gasteiger charge is -2.31. The number of piperidine rings is 1. The first-order valence-corrected chi connectivity index (χ1v) is 7.90. The molecule has 5 nitrogen and oxygen atoms in total. The first kappa shape index (κ1) is 16.1. The van der Waals surface area contributed by atoms with Crippen molar-refractivity contribution in [2.75, 3.05) is 24.4 Å². The third-order valence-electron chi connectivity index (χ3n) is 3.39. The number of benzene rings is 1. The summed E-state index contributed by atoms with van der Waals surface area (Å²) in [6.45, 7) is 0.918. The van der Waals surface area contributed by atoms with Crippen molar-refractivity contribution >= 4 is 15.9 Å². The molecule has 21 heavy (non-hydrogen) atoms. The number of nitrogens with zero attached hydrogens (tertiary/aromatic N) is 1. The summed E-state index contributed by atoms with van der Waals surface area (Å²) in [5, 5.41) is 0. The van der Waals surface area contributed by atoms with Crippen molar-refractivity contribution < 1.29 is 21.6 Å². The molecule has 3 N–H and O–H groups in total. The standard InChI is InChI=1S/C12H16F3N3O2S/c13-10-4-9(5-11(14)12(10)15)17-21(19,20)18-3-1-2-8(6-16)7-18/h4-5,8,17H,1-3,6-7,16H2. The van der Waals surface area contributed by atoms with E-state index in [4.69, 9.17) is 5.73 Å². The van der Waals surface area contributed by atoms with Crippen LogP contribution in [-0.4, -0.2) is 32.4 Å². The van der Waals surface area contributed by atoms with E-state index in [0.29, 0.717) is 31.6 Å². The average molecular weight is 323 g/mol. The van der Waals surface area contributed by atoms with Crippen molar-refractivity contribution in [3.63, 3.8) is 0 Å². The third kappa shape index (κ3) is 3.66. The van der Waals surface area contributed by atoms with Gasteiger partial charge in [0.15, 0.2) is 17.5 Å². The van der Waals surface area contributed by atoms with E-state index < -0.39 is 27.7 Å². The van der Waals surface area contributed by atoms with Crippen LogP contribution in [0, 0.1) is 23.4 Å². The summed E-state index contributed by atoms with van der Waals surface area (Å²) in [4.78, 5) is 0. The Morgan fingerprint density at radius 3 is 2.48 bits per heavy atom. The monoisotopic (exact) mass is 323 g/mol. The second-order valence-electron chi connectivity index (χ2n) is 4.96. The van der Waals surface area contributed by atoms with E-state index >= 15 is 0 Å². The Labute approximate surface area is 121 Å². The van der Waals surface area contributed by atoms with E-state index in [1.807, 2.05) is 0 Å². The number of hydrogen-bond donors (Lipinski definition) is 2. The van der Waals surface area contributed by atoms with Crippen LogP contribution in [0.1, 0.15) is 12.8 Å². The molecule has 2 rings (SSSR count). The summed E-state index contributed by atoms with van der Waals surface area (Å²) in [6, 6.07) is 1.20. The molecule has 1 aliphatic rings. The lowest BCUT2D eigenvalue weighted by molar-refractivity contribution is 0.273. The van der Waals surface area contributed by atoms with E-state index in [1.54, 1.807) is 0 Å². The van der Waals surface area contributed by atoms with Crippen LogP contribution >= 0.6 is 0 Å². The minimum atomic E-state index is -3.95. The fourth-order valence-corrected chi connectivity index (χ4v) is 3.59. The molecule has 0 bridgehead atoms. The second-order valence-corrected chi connectivity index (χ2v) is 6.63. The van der Waals surface area contributed by atoms with Gasteiger partial charge >= 0.3 is 10.2 Å². The third-order valence-corrected chi connectivity index (χ3v) is 4.89. The zero-order valence-corrected chi connectivity index (χ0v) is 12.0. The predicted molar refractivity (Wildman–Crippen MR) is 72.2 cm³/mol. The van der Waals surface area contributed by atoms with Crippen molar-refractivity contribution in [3.05, 3.63) is 29.6 Å². The molecule has 1 aromatic rings. The lowest BCUT2D eigenvalue weighted by Crippen LogP contribution is -2.44. The highest BCUT2D eigenvalue weighted by Gasteiger charge is 2.28. The fraction of sp³-hybridized carbons (Fsp3) is 0.500. The van der Waals surface area contributed by atoms with Crippen LogP contribution in [0.15, 0.2) is 12.1 Å². The number of anilines is 1. The normalized spacial score (nSPS) is 20.5. The van der Waals surface area contributed by atoms with E-state index in [1.165, 1.54) is 4.31 Å². The molecule has 0 spiro atoms. The van der Waals surface area contributed by atoms with E-state index in [2.05, 4.69) is 4.72 Å². The van der Waals surface area contributed by atoms with Crippen LogP contribution in [0.5, 0.6) is 0 Å². The van der Waals surface area contributed by atoms with E-state index in [0.717, 1.165) is 6.42 Å². The highest BCUT2D eigenvalue weighted by Crippen LogP contribution is 2.22. The van der Waals surface area contributed by atoms with Crippen LogP contribution in [0.25, 0.3) is 0 Å². The molecule has 0 amide bonds. The maximum absolute atomic E-state index is 13.1. The number of hydrogen-bond acceptors (Lipinski definition) is 3. The minimum Gasteiger partial charge on any atom is -0.330 e. The fourth-order valence-electron chi connectivity index (χ4n) is 2.27. The van der Waals surface area contributed by atoms with Crippen molar-refractivity contribution in [1.29, 1.82) is 0 Å².